The monoisotopic (exact) mass is 211 g/mol. The standard InChI is InChI=1S/C10H13NO4/c1-7(12)2-3-8(13)6-11-9(14)4-5-10(11)15/h2-6H2,1H3. The molecular formula is C10H13NO4. The van der Waals surface area contributed by atoms with Gasteiger partial charge in [-0.1, -0.05) is 0 Å². The quantitative estimate of drug-likeness (QED) is 0.603. The highest BCUT2D eigenvalue weighted by atomic mass is 16.2. The highest BCUT2D eigenvalue weighted by Gasteiger charge is 2.30. The van der Waals surface area contributed by atoms with Crippen molar-refractivity contribution in [3.63, 3.8) is 0 Å². The number of imide groups is 1. The van der Waals surface area contributed by atoms with Gasteiger partial charge in [-0.25, -0.2) is 0 Å². The van der Waals surface area contributed by atoms with Crippen LogP contribution in [-0.2, 0) is 19.2 Å². The second kappa shape index (κ2) is 4.82. The van der Waals surface area contributed by atoms with Crippen LogP contribution in [0.15, 0.2) is 0 Å². The van der Waals surface area contributed by atoms with E-state index < -0.39 is 0 Å². The van der Waals surface area contributed by atoms with Gasteiger partial charge < -0.3 is 4.79 Å². The van der Waals surface area contributed by atoms with E-state index in [1.807, 2.05) is 0 Å². The third-order valence-corrected chi connectivity index (χ3v) is 2.25. The van der Waals surface area contributed by atoms with E-state index >= 15 is 0 Å². The van der Waals surface area contributed by atoms with E-state index in [1.165, 1.54) is 6.92 Å². The second-order valence-corrected chi connectivity index (χ2v) is 3.61. The van der Waals surface area contributed by atoms with Gasteiger partial charge in [-0.3, -0.25) is 19.3 Å². The first-order chi connectivity index (χ1) is 7.00. The average molecular weight is 211 g/mol. The first-order valence-corrected chi connectivity index (χ1v) is 4.85. The summed E-state index contributed by atoms with van der Waals surface area (Å²) in [6.45, 7) is 1.23. The summed E-state index contributed by atoms with van der Waals surface area (Å²) < 4.78 is 0. The lowest BCUT2D eigenvalue weighted by Crippen LogP contribution is -2.34. The predicted octanol–water partition coefficient (Wildman–Crippen LogP) is 0.0737. The summed E-state index contributed by atoms with van der Waals surface area (Å²) >= 11 is 0. The van der Waals surface area contributed by atoms with Gasteiger partial charge in [0.25, 0.3) is 0 Å². The molecule has 82 valence electrons. The fraction of sp³-hybridized carbons (Fsp3) is 0.600. The Hall–Kier alpha value is -1.52. The molecule has 1 fully saturated rings. The maximum atomic E-state index is 11.3. The number of carbonyl (C=O) groups excluding carboxylic acids is 4. The molecule has 0 aromatic rings. The molecule has 0 aliphatic carbocycles. The first-order valence-electron chi connectivity index (χ1n) is 4.85. The van der Waals surface area contributed by atoms with Gasteiger partial charge in [0, 0.05) is 25.7 Å². The van der Waals surface area contributed by atoms with Crippen LogP contribution in [0.2, 0.25) is 0 Å². The summed E-state index contributed by atoms with van der Waals surface area (Å²) in [6.07, 6.45) is 0.666. The molecule has 2 amide bonds. The Balaban J connectivity index is 2.40. The Bertz CT molecular complexity index is 305. The van der Waals surface area contributed by atoms with Crippen LogP contribution in [0.3, 0.4) is 0 Å². The lowest BCUT2D eigenvalue weighted by molar-refractivity contribution is -0.141. The average Bonchev–Trinajstić information content (AvgIpc) is 2.46. The largest absolute Gasteiger partial charge is 0.300 e. The fourth-order valence-corrected chi connectivity index (χ4v) is 1.37. The third-order valence-electron chi connectivity index (χ3n) is 2.25. The minimum absolute atomic E-state index is 0.0672. The molecule has 1 aliphatic rings. The first kappa shape index (κ1) is 11.6. The lowest BCUT2D eigenvalue weighted by atomic mass is 10.1. The Morgan fingerprint density at radius 3 is 2.13 bits per heavy atom. The smallest absolute Gasteiger partial charge is 0.230 e. The molecule has 0 atom stereocenters. The Morgan fingerprint density at radius 1 is 1.13 bits per heavy atom. The van der Waals surface area contributed by atoms with Crippen LogP contribution in [0.5, 0.6) is 0 Å². The van der Waals surface area contributed by atoms with Gasteiger partial charge in [0.05, 0.1) is 6.54 Å². The van der Waals surface area contributed by atoms with E-state index in [2.05, 4.69) is 0 Å². The van der Waals surface area contributed by atoms with E-state index in [0.29, 0.717) is 0 Å². The summed E-state index contributed by atoms with van der Waals surface area (Å²) in [4.78, 5) is 45.2. The van der Waals surface area contributed by atoms with Crippen LogP contribution in [0.25, 0.3) is 0 Å². The Labute approximate surface area is 87.4 Å². The Morgan fingerprint density at radius 2 is 1.67 bits per heavy atom. The molecule has 0 N–H and O–H groups in total. The SMILES string of the molecule is CC(=O)CCC(=O)CN1C(=O)CCC1=O. The molecule has 0 radical (unpaired) electrons. The summed E-state index contributed by atoms with van der Waals surface area (Å²) in [5.41, 5.74) is 0. The van der Waals surface area contributed by atoms with E-state index in [9.17, 15) is 19.2 Å². The van der Waals surface area contributed by atoms with Crippen LogP contribution < -0.4 is 0 Å². The van der Waals surface area contributed by atoms with Crippen molar-refractivity contribution in [2.24, 2.45) is 0 Å². The maximum Gasteiger partial charge on any atom is 0.230 e. The lowest BCUT2D eigenvalue weighted by Gasteiger charge is -2.11. The van der Waals surface area contributed by atoms with E-state index in [0.717, 1.165) is 4.90 Å². The number of Topliss-reactive ketones (excluding diaryl/α,β-unsaturated/α-hetero) is 2. The molecular weight excluding hydrogens is 198 g/mol. The number of hydrogen-bond donors (Lipinski definition) is 0. The molecule has 0 unspecified atom stereocenters. The topological polar surface area (TPSA) is 71.5 Å². The van der Waals surface area contributed by atoms with Crippen LogP contribution in [-0.4, -0.2) is 34.8 Å². The van der Waals surface area contributed by atoms with E-state index in [4.69, 9.17) is 0 Å². The predicted molar refractivity (Wildman–Crippen MR) is 50.9 cm³/mol. The molecule has 0 aromatic heterocycles. The van der Waals surface area contributed by atoms with Crippen molar-refractivity contribution in [2.75, 3.05) is 6.54 Å². The van der Waals surface area contributed by atoms with Crippen LogP contribution in [0.1, 0.15) is 32.6 Å². The Kier molecular flexibility index (Phi) is 3.71. The van der Waals surface area contributed by atoms with E-state index in [1.54, 1.807) is 0 Å². The van der Waals surface area contributed by atoms with Gasteiger partial charge in [0.2, 0.25) is 11.8 Å². The molecule has 5 nitrogen and oxygen atoms in total. The number of amides is 2. The summed E-state index contributed by atoms with van der Waals surface area (Å²) in [5.74, 6) is -0.899. The van der Waals surface area contributed by atoms with E-state index in [-0.39, 0.29) is 55.6 Å². The van der Waals surface area contributed by atoms with Gasteiger partial charge >= 0.3 is 0 Å². The van der Waals surface area contributed by atoms with Crippen molar-refractivity contribution in [3.05, 3.63) is 0 Å². The minimum atomic E-state index is -0.295. The van der Waals surface area contributed by atoms with Gasteiger partial charge in [-0.2, -0.15) is 0 Å². The zero-order chi connectivity index (χ0) is 11.4. The molecule has 0 spiro atoms. The van der Waals surface area contributed by atoms with Gasteiger partial charge in [-0.05, 0) is 6.92 Å². The molecule has 0 saturated carbocycles. The van der Waals surface area contributed by atoms with Gasteiger partial charge in [-0.15, -0.1) is 0 Å². The van der Waals surface area contributed by atoms with Crippen LogP contribution >= 0.6 is 0 Å². The van der Waals surface area contributed by atoms with Crippen molar-refractivity contribution in [3.8, 4) is 0 Å². The highest BCUT2D eigenvalue weighted by molar-refractivity contribution is 6.04. The number of nitrogens with zero attached hydrogens (tertiary/aromatic N) is 1. The molecule has 5 heteroatoms. The molecule has 1 saturated heterocycles. The molecule has 0 bridgehead atoms. The highest BCUT2D eigenvalue weighted by Crippen LogP contribution is 2.11. The number of hydrogen-bond acceptors (Lipinski definition) is 4. The summed E-state index contributed by atoms with van der Waals surface area (Å²) in [6, 6.07) is 0. The molecule has 1 heterocycles. The molecule has 1 rings (SSSR count). The molecule has 1 aliphatic heterocycles. The minimum Gasteiger partial charge on any atom is -0.300 e. The second-order valence-electron chi connectivity index (χ2n) is 3.61. The van der Waals surface area contributed by atoms with Crippen LogP contribution in [0, 0.1) is 0 Å². The van der Waals surface area contributed by atoms with Crippen LogP contribution in [0.4, 0.5) is 0 Å². The molecule has 0 aromatic carbocycles. The number of likely N-dealkylation sites (tertiary alicyclic amines) is 1. The van der Waals surface area contributed by atoms with Crippen molar-refractivity contribution in [1.82, 2.24) is 4.90 Å². The maximum absolute atomic E-state index is 11.3. The summed E-state index contributed by atoms with van der Waals surface area (Å²) in [7, 11) is 0. The zero-order valence-corrected chi connectivity index (χ0v) is 8.62. The summed E-state index contributed by atoms with van der Waals surface area (Å²) in [5, 5.41) is 0. The normalized spacial score (nSPS) is 15.9. The van der Waals surface area contributed by atoms with Crippen molar-refractivity contribution in [2.45, 2.75) is 32.6 Å². The number of rotatable bonds is 5. The van der Waals surface area contributed by atoms with Crippen molar-refractivity contribution in [1.29, 1.82) is 0 Å². The fourth-order valence-electron chi connectivity index (χ4n) is 1.37. The number of ketones is 2. The third kappa shape index (κ3) is 3.27. The van der Waals surface area contributed by atoms with Crippen molar-refractivity contribution < 1.29 is 19.2 Å². The van der Waals surface area contributed by atoms with Crippen molar-refractivity contribution >= 4 is 23.4 Å². The molecule has 15 heavy (non-hydrogen) atoms. The van der Waals surface area contributed by atoms with Gasteiger partial charge in [0.15, 0.2) is 5.78 Å². The zero-order valence-electron chi connectivity index (χ0n) is 8.62. The number of carbonyl (C=O) groups is 4. The van der Waals surface area contributed by atoms with Gasteiger partial charge in [0.1, 0.15) is 5.78 Å².